The standard InChI is InChI=1S/C18H27N5/c1-3-22-12-15(10-20-22)11-21-8-4-5-17(13-21)23-14(2)9-19-18(23)16-6-7-16/h9-10,12,16-17H,3-8,11,13H2,1-2H3. The maximum atomic E-state index is 4.71. The lowest BCUT2D eigenvalue weighted by molar-refractivity contribution is 0.167. The number of aromatic nitrogens is 4. The van der Waals surface area contributed by atoms with Crippen LogP contribution < -0.4 is 0 Å². The van der Waals surface area contributed by atoms with Crippen molar-refractivity contribution < 1.29 is 0 Å². The highest BCUT2D eigenvalue weighted by atomic mass is 15.3. The largest absolute Gasteiger partial charge is 0.328 e. The van der Waals surface area contributed by atoms with Crippen molar-refractivity contribution >= 4 is 0 Å². The van der Waals surface area contributed by atoms with Crippen LogP contribution in [0.1, 0.15) is 61.6 Å². The molecule has 0 spiro atoms. The van der Waals surface area contributed by atoms with Crippen LogP contribution in [0.3, 0.4) is 0 Å². The third-order valence-corrected chi connectivity index (χ3v) is 5.22. The lowest BCUT2D eigenvalue weighted by Crippen LogP contribution is -2.36. The third kappa shape index (κ3) is 3.07. The van der Waals surface area contributed by atoms with Crippen LogP contribution >= 0.6 is 0 Å². The molecule has 1 aliphatic heterocycles. The summed E-state index contributed by atoms with van der Waals surface area (Å²) in [5.41, 5.74) is 2.66. The minimum absolute atomic E-state index is 0.586. The summed E-state index contributed by atoms with van der Waals surface area (Å²) in [6.45, 7) is 8.64. The molecule has 124 valence electrons. The molecule has 5 nitrogen and oxygen atoms in total. The second kappa shape index (κ2) is 6.11. The van der Waals surface area contributed by atoms with Gasteiger partial charge in [-0.2, -0.15) is 5.10 Å². The van der Waals surface area contributed by atoms with Gasteiger partial charge in [-0.15, -0.1) is 0 Å². The molecule has 3 heterocycles. The smallest absolute Gasteiger partial charge is 0.112 e. The Balaban J connectivity index is 1.47. The molecule has 1 unspecified atom stereocenters. The SMILES string of the molecule is CCn1cc(CN2CCCC(n3c(C)cnc3C3CC3)C2)cn1. The van der Waals surface area contributed by atoms with E-state index in [1.54, 1.807) is 0 Å². The number of hydrogen-bond donors (Lipinski definition) is 0. The quantitative estimate of drug-likeness (QED) is 0.851. The zero-order valence-electron chi connectivity index (χ0n) is 14.3. The van der Waals surface area contributed by atoms with E-state index in [0.29, 0.717) is 6.04 Å². The molecule has 1 atom stereocenters. The predicted molar refractivity (Wildman–Crippen MR) is 90.4 cm³/mol. The van der Waals surface area contributed by atoms with Crippen LogP contribution in [0.25, 0.3) is 0 Å². The summed E-state index contributed by atoms with van der Waals surface area (Å²) in [7, 11) is 0. The molecule has 2 aromatic rings. The van der Waals surface area contributed by atoms with Crippen molar-refractivity contribution in [1.29, 1.82) is 0 Å². The monoisotopic (exact) mass is 313 g/mol. The lowest BCUT2D eigenvalue weighted by Gasteiger charge is -2.34. The number of likely N-dealkylation sites (tertiary alicyclic amines) is 1. The summed E-state index contributed by atoms with van der Waals surface area (Å²) in [6.07, 6.45) is 11.5. The summed E-state index contributed by atoms with van der Waals surface area (Å²) in [5.74, 6) is 2.06. The summed E-state index contributed by atoms with van der Waals surface area (Å²) in [5, 5.41) is 4.40. The van der Waals surface area contributed by atoms with Crippen LogP contribution in [0.4, 0.5) is 0 Å². The Bertz CT molecular complexity index is 667. The Morgan fingerprint density at radius 1 is 1.22 bits per heavy atom. The van der Waals surface area contributed by atoms with Crippen molar-refractivity contribution in [3.63, 3.8) is 0 Å². The summed E-state index contributed by atoms with van der Waals surface area (Å²) in [4.78, 5) is 7.29. The Kier molecular flexibility index (Phi) is 3.97. The second-order valence-electron chi connectivity index (χ2n) is 7.14. The third-order valence-electron chi connectivity index (χ3n) is 5.22. The molecule has 1 saturated heterocycles. The van der Waals surface area contributed by atoms with Crippen LogP contribution in [0.2, 0.25) is 0 Å². The van der Waals surface area contributed by atoms with E-state index >= 15 is 0 Å². The van der Waals surface area contributed by atoms with Gasteiger partial charge in [0, 0.05) is 55.2 Å². The molecular formula is C18H27N5. The molecule has 2 aliphatic rings. The number of aryl methyl sites for hydroxylation is 2. The highest BCUT2D eigenvalue weighted by molar-refractivity contribution is 5.15. The van der Waals surface area contributed by atoms with Gasteiger partial charge in [0.2, 0.25) is 0 Å². The van der Waals surface area contributed by atoms with Gasteiger partial charge in [0.15, 0.2) is 0 Å². The van der Waals surface area contributed by atoms with E-state index < -0.39 is 0 Å². The Labute approximate surface area is 138 Å². The fourth-order valence-electron chi connectivity index (χ4n) is 3.89. The topological polar surface area (TPSA) is 38.9 Å². The van der Waals surface area contributed by atoms with Crippen LogP contribution in [-0.2, 0) is 13.1 Å². The summed E-state index contributed by atoms with van der Waals surface area (Å²) < 4.78 is 4.56. The first-order valence-corrected chi connectivity index (χ1v) is 9.02. The molecule has 0 N–H and O–H groups in total. The number of nitrogens with zero attached hydrogens (tertiary/aromatic N) is 5. The minimum Gasteiger partial charge on any atom is -0.328 e. The van der Waals surface area contributed by atoms with Gasteiger partial charge in [0.1, 0.15) is 5.82 Å². The molecule has 5 heteroatoms. The average molecular weight is 313 g/mol. The van der Waals surface area contributed by atoms with Crippen molar-refractivity contribution in [2.24, 2.45) is 0 Å². The van der Waals surface area contributed by atoms with E-state index in [2.05, 4.69) is 40.8 Å². The molecular weight excluding hydrogens is 286 g/mol. The van der Waals surface area contributed by atoms with Crippen molar-refractivity contribution in [3.8, 4) is 0 Å². The van der Waals surface area contributed by atoms with Crippen molar-refractivity contribution in [3.05, 3.63) is 35.7 Å². The average Bonchev–Trinajstić information content (AvgIpc) is 3.19. The lowest BCUT2D eigenvalue weighted by atomic mass is 10.0. The first kappa shape index (κ1) is 14.9. The van der Waals surface area contributed by atoms with E-state index in [1.807, 2.05) is 10.9 Å². The molecule has 0 aromatic carbocycles. The summed E-state index contributed by atoms with van der Waals surface area (Å²) >= 11 is 0. The van der Waals surface area contributed by atoms with Crippen LogP contribution in [0, 0.1) is 6.92 Å². The van der Waals surface area contributed by atoms with E-state index in [1.165, 1.54) is 49.3 Å². The predicted octanol–water partition coefficient (Wildman–Crippen LogP) is 3.12. The Morgan fingerprint density at radius 2 is 2.09 bits per heavy atom. The van der Waals surface area contributed by atoms with E-state index in [0.717, 1.165) is 25.6 Å². The molecule has 2 aromatic heterocycles. The van der Waals surface area contributed by atoms with E-state index in [-0.39, 0.29) is 0 Å². The Hall–Kier alpha value is -1.62. The van der Waals surface area contributed by atoms with Gasteiger partial charge in [0.05, 0.1) is 6.20 Å². The zero-order chi connectivity index (χ0) is 15.8. The molecule has 1 saturated carbocycles. The van der Waals surface area contributed by atoms with Crippen LogP contribution in [0.5, 0.6) is 0 Å². The van der Waals surface area contributed by atoms with Gasteiger partial charge in [-0.05, 0) is 46.1 Å². The molecule has 0 amide bonds. The maximum absolute atomic E-state index is 4.71. The molecule has 1 aliphatic carbocycles. The highest BCUT2D eigenvalue weighted by Gasteiger charge is 2.32. The molecule has 2 fully saturated rings. The fraction of sp³-hybridized carbons (Fsp3) is 0.667. The van der Waals surface area contributed by atoms with Crippen LogP contribution in [-0.4, -0.2) is 37.3 Å². The van der Waals surface area contributed by atoms with E-state index in [4.69, 9.17) is 4.98 Å². The van der Waals surface area contributed by atoms with Crippen molar-refractivity contribution in [1.82, 2.24) is 24.2 Å². The fourth-order valence-corrected chi connectivity index (χ4v) is 3.89. The molecule has 4 rings (SSSR count). The van der Waals surface area contributed by atoms with Gasteiger partial charge >= 0.3 is 0 Å². The highest BCUT2D eigenvalue weighted by Crippen LogP contribution is 2.41. The van der Waals surface area contributed by atoms with Gasteiger partial charge in [-0.1, -0.05) is 0 Å². The number of hydrogen-bond acceptors (Lipinski definition) is 3. The van der Waals surface area contributed by atoms with Crippen LogP contribution in [0.15, 0.2) is 18.6 Å². The summed E-state index contributed by atoms with van der Waals surface area (Å²) in [6, 6.07) is 0.586. The number of imidazole rings is 1. The normalized spacial score (nSPS) is 22.6. The van der Waals surface area contributed by atoms with Gasteiger partial charge in [0.25, 0.3) is 0 Å². The van der Waals surface area contributed by atoms with Gasteiger partial charge in [-0.3, -0.25) is 9.58 Å². The van der Waals surface area contributed by atoms with Crippen molar-refractivity contribution in [2.45, 2.75) is 64.6 Å². The minimum atomic E-state index is 0.586. The molecule has 23 heavy (non-hydrogen) atoms. The van der Waals surface area contributed by atoms with Crippen molar-refractivity contribution in [2.75, 3.05) is 13.1 Å². The van der Waals surface area contributed by atoms with E-state index in [9.17, 15) is 0 Å². The number of piperidine rings is 1. The van der Waals surface area contributed by atoms with Gasteiger partial charge < -0.3 is 4.57 Å². The zero-order valence-corrected chi connectivity index (χ0v) is 14.3. The number of rotatable bonds is 5. The van der Waals surface area contributed by atoms with Gasteiger partial charge in [-0.25, -0.2) is 4.98 Å². The molecule has 0 radical (unpaired) electrons. The second-order valence-corrected chi connectivity index (χ2v) is 7.14. The Morgan fingerprint density at radius 3 is 2.83 bits per heavy atom. The first-order chi connectivity index (χ1) is 11.2. The molecule has 0 bridgehead atoms. The maximum Gasteiger partial charge on any atom is 0.112 e. The first-order valence-electron chi connectivity index (χ1n) is 9.02.